The van der Waals surface area contributed by atoms with Gasteiger partial charge in [-0.15, -0.1) is 0 Å². The number of nitrogens with one attached hydrogen (secondary N) is 1. The van der Waals surface area contributed by atoms with Gasteiger partial charge in [0, 0.05) is 21.1 Å². The molecule has 1 aliphatic carbocycles. The lowest BCUT2D eigenvalue weighted by atomic mass is 9.83. The predicted molar refractivity (Wildman–Crippen MR) is 62.6 cm³/mol. The van der Waals surface area contributed by atoms with Crippen molar-refractivity contribution in [1.82, 2.24) is 4.98 Å². The molecule has 2 aromatic rings. The molecule has 3 rings (SSSR count). The average Bonchev–Trinajstić information content (AvgIpc) is 2.43. The van der Waals surface area contributed by atoms with E-state index in [0.717, 1.165) is 10.4 Å². The minimum absolute atomic E-state index is 0.793. The summed E-state index contributed by atoms with van der Waals surface area (Å²) in [6.45, 7) is 0. The number of aromatic amines is 1. The second kappa shape index (κ2) is 3.13. The Hall–Kier alpha value is -0.760. The number of H-pyrrole nitrogens is 1. The summed E-state index contributed by atoms with van der Waals surface area (Å²) in [4.78, 5) is 3.50. The number of benzene rings is 1. The highest BCUT2D eigenvalue weighted by molar-refractivity contribution is 9.10. The lowest BCUT2D eigenvalue weighted by molar-refractivity contribution is 0.413. The monoisotopic (exact) mass is 249 g/mol. The third kappa shape index (κ3) is 1.29. The highest BCUT2D eigenvalue weighted by Crippen LogP contribution is 2.37. The Bertz CT molecular complexity index is 468. The molecular formula is C12H12BrN. The maximum atomic E-state index is 3.50. The van der Waals surface area contributed by atoms with Crippen LogP contribution in [0.3, 0.4) is 0 Å². The van der Waals surface area contributed by atoms with Crippen LogP contribution in [0.5, 0.6) is 0 Å². The first-order valence-electron chi connectivity index (χ1n) is 5.11. The number of hydrogen-bond donors (Lipinski definition) is 1. The Morgan fingerprint density at radius 1 is 1.21 bits per heavy atom. The van der Waals surface area contributed by atoms with Crippen molar-refractivity contribution in [3.05, 3.63) is 34.4 Å². The van der Waals surface area contributed by atoms with Crippen LogP contribution in [-0.4, -0.2) is 4.98 Å². The van der Waals surface area contributed by atoms with Gasteiger partial charge in [-0.3, -0.25) is 0 Å². The number of aromatic nitrogens is 1. The van der Waals surface area contributed by atoms with E-state index >= 15 is 0 Å². The smallest absolute Gasteiger partial charge is 0.0456 e. The fourth-order valence-corrected chi connectivity index (χ4v) is 2.44. The van der Waals surface area contributed by atoms with Gasteiger partial charge in [0.2, 0.25) is 0 Å². The largest absolute Gasteiger partial charge is 0.358 e. The third-order valence-electron chi connectivity index (χ3n) is 3.15. The van der Waals surface area contributed by atoms with Gasteiger partial charge in [0.15, 0.2) is 0 Å². The molecule has 1 fully saturated rings. The highest BCUT2D eigenvalue weighted by atomic mass is 79.9. The van der Waals surface area contributed by atoms with Gasteiger partial charge >= 0.3 is 0 Å². The molecule has 0 radical (unpaired) electrons. The zero-order valence-electron chi connectivity index (χ0n) is 7.89. The lowest BCUT2D eigenvalue weighted by Crippen LogP contribution is -2.08. The molecule has 14 heavy (non-hydrogen) atoms. The standard InChI is InChI=1S/C12H12BrN/c13-10-4-5-11-9(6-10)7-12(14-11)8-2-1-3-8/h4-8,14H,1-3H2. The molecule has 72 valence electrons. The second-order valence-corrected chi connectivity index (χ2v) is 5.00. The number of hydrogen-bond acceptors (Lipinski definition) is 0. The Balaban J connectivity index is 2.10. The summed E-state index contributed by atoms with van der Waals surface area (Å²) in [7, 11) is 0. The van der Waals surface area contributed by atoms with Crippen molar-refractivity contribution in [2.24, 2.45) is 0 Å². The molecule has 0 amide bonds. The van der Waals surface area contributed by atoms with Crippen molar-refractivity contribution in [1.29, 1.82) is 0 Å². The van der Waals surface area contributed by atoms with Crippen LogP contribution in [-0.2, 0) is 0 Å². The van der Waals surface area contributed by atoms with E-state index in [-0.39, 0.29) is 0 Å². The lowest BCUT2D eigenvalue weighted by Gasteiger charge is -2.23. The maximum absolute atomic E-state index is 3.50. The van der Waals surface area contributed by atoms with Crippen LogP contribution in [0, 0.1) is 0 Å². The maximum Gasteiger partial charge on any atom is 0.0456 e. The molecule has 0 spiro atoms. The summed E-state index contributed by atoms with van der Waals surface area (Å²) in [6.07, 6.45) is 4.10. The Kier molecular flexibility index (Phi) is 1.91. The van der Waals surface area contributed by atoms with Gasteiger partial charge in [-0.1, -0.05) is 22.4 Å². The van der Waals surface area contributed by atoms with Gasteiger partial charge in [0.1, 0.15) is 0 Å². The van der Waals surface area contributed by atoms with Crippen LogP contribution in [0.1, 0.15) is 30.9 Å². The quantitative estimate of drug-likeness (QED) is 0.780. The second-order valence-electron chi connectivity index (χ2n) is 4.08. The Morgan fingerprint density at radius 2 is 2.07 bits per heavy atom. The summed E-state index contributed by atoms with van der Waals surface area (Å²) in [5, 5.41) is 1.32. The van der Waals surface area contributed by atoms with E-state index in [0.29, 0.717) is 0 Å². The van der Waals surface area contributed by atoms with Crippen LogP contribution >= 0.6 is 15.9 Å². The molecule has 0 unspecified atom stereocenters. The summed E-state index contributed by atoms with van der Waals surface area (Å²) < 4.78 is 1.16. The molecule has 1 aromatic carbocycles. The summed E-state index contributed by atoms with van der Waals surface area (Å²) in [6, 6.07) is 8.70. The molecule has 1 aliphatic rings. The van der Waals surface area contributed by atoms with Crippen LogP contribution in [0.2, 0.25) is 0 Å². The predicted octanol–water partition coefficient (Wildman–Crippen LogP) is 4.20. The molecule has 1 N–H and O–H groups in total. The fourth-order valence-electron chi connectivity index (χ4n) is 2.07. The van der Waals surface area contributed by atoms with E-state index in [2.05, 4.69) is 45.2 Å². The van der Waals surface area contributed by atoms with Crippen LogP contribution in [0.25, 0.3) is 10.9 Å². The fraction of sp³-hybridized carbons (Fsp3) is 0.333. The molecular weight excluding hydrogens is 238 g/mol. The van der Waals surface area contributed by atoms with Gasteiger partial charge in [-0.05, 0) is 43.0 Å². The van der Waals surface area contributed by atoms with E-state index in [1.54, 1.807) is 0 Å². The molecule has 1 aromatic heterocycles. The normalized spacial score (nSPS) is 17.2. The first-order chi connectivity index (χ1) is 6.83. The minimum atomic E-state index is 0.793. The molecule has 0 atom stereocenters. The molecule has 2 heteroatoms. The van der Waals surface area contributed by atoms with Crippen molar-refractivity contribution in [2.75, 3.05) is 0 Å². The number of rotatable bonds is 1. The zero-order valence-corrected chi connectivity index (χ0v) is 9.47. The van der Waals surface area contributed by atoms with Gasteiger partial charge in [0.05, 0.1) is 0 Å². The van der Waals surface area contributed by atoms with Gasteiger partial charge in [0.25, 0.3) is 0 Å². The zero-order chi connectivity index (χ0) is 9.54. The third-order valence-corrected chi connectivity index (χ3v) is 3.64. The van der Waals surface area contributed by atoms with E-state index in [1.807, 2.05) is 0 Å². The van der Waals surface area contributed by atoms with Crippen molar-refractivity contribution in [2.45, 2.75) is 25.2 Å². The minimum Gasteiger partial charge on any atom is -0.358 e. The molecule has 1 nitrogen and oxygen atoms in total. The average molecular weight is 250 g/mol. The molecule has 0 saturated heterocycles. The van der Waals surface area contributed by atoms with Crippen molar-refractivity contribution >= 4 is 26.8 Å². The Labute approximate surface area is 91.6 Å². The van der Waals surface area contributed by atoms with Crippen LogP contribution in [0.15, 0.2) is 28.7 Å². The van der Waals surface area contributed by atoms with E-state index in [4.69, 9.17) is 0 Å². The molecule has 1 heterocycles. The number of fused-ring (bicyclic) bond motifs is 1. The van der Waals surface area contributed by atoms with Crippen molar-refractivity contribution in [3.8, 4) is 0 Å². The SMILES string of the molecule is Brc1ccc2[nH]c(C3CCC3)cc2c1. The Morgan fingerprint density at radius 3 is 2.79 bits per heavy atom. The molecule has 0 bridgehead atoms. The molecule has 0 aliphatic heterocycles. The van der Waals surface area contributed by atoms with E-state index < -0.39 is 0 Å². The first-order valence-corrected chi connectivity index (χ1v) is 5.90. The van der Waals surface area contributed by atoms with Gasteiger partial charge in [-0.2, -0.15) is 0 Å². The van der Waals surface area contributed by atoms with Gasteiger partial charge in [-0.25, -0.2) is 0 Å². The van der Waals surface area contributed by atoms with Crippen molar-refractivity contribution < 1.29 is 0 Å². The number of halogens is 1. The highest BCUT2D eigenvalue weighted by Gasteiger charge is 2.20. The molecule has 1 saturated carbocycles. The van der Waals surface area contributed by atoms with Crippen LogP contribution in [0.4, 0.5) is 0 Å². The summed E-state index contributed by atoms with van der Waals surface area (Å²) in [5.74, 6) is 0.793. The summed E-state index contributed by atoms with van der Waals surface area (Å²) in [5.41, 5.74) is 2.68. The van der Waals surface area contributed by atoms with Gasteiger partial charge < -0.3 is 4.98 Å². The summed E-state index contributed by atoms with van der Waals surface area (Å²) >= 11 is 3.50. The first kappa shape index (κ1) is 8.54. The topological polar surface area (TPSA) is 15.8 Å². The van der Waals surface area contributed by atoms with Crippen molar-refractivity contribution in [3.63, 3.8) is 0 Å². The van der Waals surface area contributed by atoms with E-state index in [9.17, 15) is 0 Å². The van der Waals surface area contributed by atoms with Crippen LogP contribution < -0.4 is 0 Å². The van der Waals surface area contributed by atoms with E-state index in [1.165, 1.54) is 35.9 Å².